The molecule has 2 aliphatic heterocycles. The molecule has 0 amide bonds. The first kappa shape index (κ1) is 20.6. The van der Waals surface area contributed by atoms with Crippen LogP contribution in [0.4, 0.5) is 5.69 Å². The lowest BCUT2D eigenvalue weighted by Gasteiger charge is -2.24. The second kappa shape index (κ2) is 8.91. The number of nitrogens with one attached hydrogen (secondary N) is 1. The molecule has 1 atom stereocenters. The fraction of sp³-hybridized carbons (Fsp3) is 0.421. The van der Waals surface area contributed by atoms with Crippen molar-refractivity contribution in [2.24, 2.45) is 10.9 Å². The van der Waals surface area contributed by atoms with Crippen LogP contribution in [0.3, 0.4) is 0 Å². The third-order valence-electron chi connectivity index (χ3n) is 4.98. The lowest BCUT2D eigenvalue weighted by atomic mass is 10.1. The van der Waals surface area contributed by atoms with Gasteiger partial charge >= 0.3 is 0 Å². The maximum absolute atomic E-state index is 11.7. The minimum Gasteiger partial charge on any atom is -0.356 e. The van der Waals surface area contributed by atoms with Crippen LogP contribution < -0.4 is 10.2 Å². The molecule has 27 heavy (non-hydrogen) atoms. The number of thiophene rings is 1. The molecule has 1 aromatic heterocycles. The Morgan fingerprint density at radius 2 is 2.11 bits per heavy atom. The summed E-state index contributed by atoms with van der Waals surface area (Å²) in [6, 6.07) is 12.5. The van der Waals surface area contributed by atoms with Gasteiger partial charge in [0.05, 0.1) is 18.1 Å². The summed E-state index contributed by atoms with van der Waals surface area (Å²) >= 11 is 1.70. The SMILES string of the molecule is I.O=S1(=O)CCC(CNC(=NCc2cccs2)N2CCc3ccccc32)C1. The Balaban J connectivity index is 0.00000210. The van der Waals surface area contributed by atoms with Crippen LogP contribution in [0.5, 0.6) is 0 Å². The molecule has 8 heteroatoms. The first-order valence-electron chi connectivity index (χ1n) is 8.97. The summed E-state index contributed by atoms with van der Waals surface area (Å²) in [5.41, 5.74) is 2.53. The number of guanidine groups is 1. The number of hydrogen-bond donors (Lipinski definition) is 1. The Morgan fingerprint density at radius 3 is 2.85 bits per heavy atom. The predicted molar refractivity (Wildman–Crippen MR) is 123 cm³/mol. The Kier molecular flexibility index (Phi) is 6.80. The monoisotopic (exact) mass is 517 g/mol. The minimum atomic E-state index is -2.85. The van der Waals surface area contributed by atoms with E-state index in [2.05, 4.69) is 45.9 Å². The maximum atomic E-state index is 11.7. The van der Waals surface area contributed by atoms with Gasteiger partial charge in [-0.1, -0.05) is 24.3 Å². The molecule has 0 saturated carbocycles. The standard InChI is InChI=1S/C19H23N3O2S2.HI/c23-26(24)11-8-15(14-26)12-20-19(21-13-17-5-3-10-25-17)22-9-7-16-4-1-2-6-18(16)22;/h1-6,10,15H,7-9,11-14H2,(H,20,21);1H. The molecule has 146 valence electrons. The van der Waals surface area contributed by atoms with Gasteiger partial charge in [-0.15, -0.1) is 35.3 Å². The van der Waals surface area contributed by atoms with E-state index < -0.39 is 9.84 Å². The highest BCUT2D eigenvalue weighted by atomic mass is 127. The zero-order chi connectivity index (χ0) is 18.0. The van der Waals surface area contributed by atoms with Crippen molar-refractivity contribution in [3.63, 3.8) is 0 Å². The number of rotatable bonds is 4. The zero-order valence-electron chi connectivity index (χ0n) is 15.0. The molecular weight excluding hydrogens is 493 g/mol. The van der Waals surface area contributed by atoms with E-state index in [9.17, 15) is 8.42 Å². The molecule has 4 rings (SSSR count). The average molecular weight is 517 g/mol. The molecule has 2 aromatic rings. The van der Waals surface area contributed by atoms with Gasteiger partial charge in [0.15, 0.2) is 15.8 Å². The van der Waals surface area contributed by atoms with Crippen LogP contribution in [0.2, 0.25) is 0 Å². The molecule has 0 bridgehead atoms. The predicted octanol–water partition coefficient (Wildman–Crippen LogP) is 3.31. The molecule has 2 aliphatic rings. The Hall–Kier alpha value is -1.13. The van der Waals surface area contributed by atoms with E-state index in [1.54, 1.807) is 11.3 Å². The van der Waals surface area contributed by atoms with E-state index in [4.69, 9.17) is 4.99 Å². The van der Waals surface area contributed by atoms with Crippen molar-refractivity contribution in [3.05, 3.63) is 52.2 Å². The fourth-order valence-electron chi connectivity index (χ4n) is 3.62. The minimum absolute atomic E-state index is 0. The van der Waals surface area contributed by atoms with Gasteiger partial charge in [-0.3, -0.25) is 0 Å². The van der Waals surface area contributed by atoms with Crippen LogP contribution in [-0.4, -0.2) is 39.0 Å². The molecule has 3 heterocycles. The highest BCUT2D eigenvalue weighted by Crippen LogP contribution is 2.28. The second-order valence-corrected chi connectivity index (χ2v) is 10.2. The number of nitrogens with zero attached hydrogens (tertiary/aromatic N) is 2. The Bertz CT molecular complexity index is 897. The van der Waals surface area contributed by atoms with Gasteiger partial charge in [0, 0.05) is 23.7 Å². The van der Waals surface area contributed by atoms with Gasteiger partial charge in [-0.25, -0.2) is 13.4 Å². The maximum Gasteiger partial charge on any atom is 0.198 e. The van der Waals surface area contributed by atoms with Gasteiger partial charge in [0.2, 0.25) is 0 Å². The highest BCUT2D eigenvalue weighted by molar-refractivity contribution is 14.0. The van der Waals surface area contributed by atoms with Gasteiger partial charge < -0.3 is 10.2 Å². The summed E-state index contributed by atoms with van der Waals surface area (Å²) in [5, 5.41) is 5.52. The molecule has 1 fully saturated rings. The third kappa shape index (κ3) is 5.03. The first-order valence-corrected chi connectivity index (χ1v) is 11.7. The van der Waals surface area contributed by atoms with E-state index in [1.807, 2.05) is 6.07 Å². The largest absolute Gasteiger partial charge is 0.356 e. The Morgan fingerprint density at radius 1 is 1.26 bits per heavy atom. The van der Waals surface area contributed by atoms with Crippen LogP contribution >= 0.6 is 35.3 Å². The number of halogens is 1. The van der Waals surface area contributed by atoms with Crippen molar-refractivity contribution in [1.29, 1.82) is 0 Å². The quantitative estimate of drug-likeness (QED) is 0.384. The lowest BCUT2D eigenvalue weighted by Crippen LogP contribution is -2.42. The summed E-state index contributed by atoms with van der Waals surface area (Å²) in [6.07, 6.45) is 1.75. The summed E-state index contributed by atoms with van der Waals surface area (Å²) < 4.78 is 23.4. The molecule has 1 N–H and O–H groups in total. The molecule has 0 spiro atoms. The molecule has 1 unspecified atom stereocenters. The third-order valence-corrected chi connectivity index (χ3v) is 7.68. The number of fused-ring (bicyclic) bond motifs is 1. The van der Waals surface area contributed by atoms with Crippen LogP contribution in [0, 0.1) is 5.92 Å². The van der Waals surface area contributed by atoms with Gasteiger partial charge in [-0.2, -0.15) is 0 Å². The molecule has 1 aromatic carbocycles. The normalized spacial score (nSPS) is 21.0. The van der Waals surface area contributed by atoms with E-state index in [0.717, 1.165) is 25.3 Å². The summed E-state index contributed by atoms with van der Waals surface area (Å²) in [4.78, 5) is 8.29. The molecular formula is C19H24IN3O2S2. The van der Waals surface area contributed by atoms with Crippen molar-refractivity contribution in [2.75, 3.05) is 29.5 Å². The molecule has 1 saturated heterocycles. The number of sulfone groups is 1. The number of benzene rings is 1. The second-order valence-electron chi connectivity index (χ2n) is 6.90. The number of aliphatic imine (C=N–C) groups is 1. The summed E-state index contributed by atoms with van der Waals surface area (Å²) in [5.74, 6) is 1.62. The molecule has 0 radical (unpaired) electrons. The van der Waals surface area contributed by atoms with Crippen molar-refractivity contribution in [2.45, 2.75) is 19.4 Å². The summed E-state index contributed by atoms with van der Waals surface area (Å²) in [6.45, 7) is 2.20. The average Bonchev–Trinajstić information content (AvgIpc) is 3.35. The van der Waals surface area contributed by atoms with Crippen molar-refractivity contribution in [3.8, 4) is 0 Å². The van der Waals surface area contributed by atoms with E-state index in [-0.39, 0.29) is 35.6 Å². The smallest absolute Gasteiger partial charge is 0.198 e. The van der Waals surface area contributed by atoms with E-state index in [1.165, 1.54) is 16.1 Å². The van der Waals surface area contributed by atoms with Crippen molar-refractivity contribution < 1.29 is 8.42 Å². The lowest BCUT2D eigenvalue weighted by molar-refractivity contribution is 0.570. The van der Waals surface area contributed by atoms with Crippen LogP contribution in [0.1, 0.15) is 16.9 Å². The summed E-state index contributed by atoms with van der Waals surface area (Å²) in [7, 11) is -2.85. The molecule has 0 aliphatic carbocycles. The van der Waals surface area contributed by atoms with Crippen molar-refractivity contribution in [1.82, 2.24) is 5.32 Å². The van der Waals surface area contributed by atoms with Crippen LogP contribution in [0.25, 0.3) is 0 Å². The first-order chi connectivity index (χ1) is 12.6. The highest BCUT2D eigenvalue weighted by Gasteiger charge is 2.29. The van der Waals surface area contributed by atoms with E-state index >= 15 is 0 Å². The van der Waals surface area contributed by atoms with E-state index in [0.29, 0.717) is 18.8 Å². The van der Waals surface area contributed by atoms with Gasteiger partial charge in [-0.05, 0) is 41.8 Å². The molecule has 5 nitrogen and oxygen atoms in total. The Labute approximate surface area is 181 Å². The fourth-order valence-corrected chi connectivity index (χ4v) is 6.11. The topological polar surface area (TPSA) is 61.8 Å². The number of anilines is 1. The van der Waals surface area contributed by atoms with Crippen molar-refractivity contribution >= 4 is 56.8 Å². The zero-order valence-corrected chi connectivity index (χ0v) is 19.0. The van der Waals surface area contributed by atoms with Gasteiger partial charge in [0.25, 0.3) is 0 Å². The number of hydrogen-bond acceptors (Lipinski definition) is 4. The van der Waals surface area contributed by atoms with Crippen LogP contribution in [-0.2, 0) is 22.8 Å². The van der Waals surface area contributed by atoms with Gasteiger partial charge in [0.1, 0.15) is 0 Å². The number of para-hydroxylation sites is 1. The van der Waals surface area contributed by atoms with Crippen LogP contribution in [0.15, 0.2) is 46.8 Å².